The minimum Gasteiger partial charge on any atom is -0.443 e. The van der Waals surface area contributed by atoms with Crippen molar-refractivity contribution in [2.75, 3.05) is 25.1 Å². The van der Waals surface area contributed by atoms with E-state index in [0.29, 0.717) is 42.7 Å². The van der Waals surface area contributed by atoms with Crippen molar-refractivity contribution in [2.45, 2.75) is 44.8 Å². The summed E-state index contributed by atoms with van der Waals surface area (Å²) >= 11 is 5.86. The number of hydrogen-bond donors (Lipinski definition) is 2. The molecule has 2 aliphatic rings. The molecule has 4 heterocycles. The molecule has 1 atom stereocenters. The third-order valence-corrected chi connectivity index (χ3v) is 6.56. The van der Waals surface area contributed by atoms with Crippen LogP contribution in [0.3, 0.4) is 0 Å². The Balaban J connectivity index is 1.32. The summed E-state index contributed by atoms with van der Waals surface area (Å²) in [5.41, 5.74) is 2.33. The van der Waals surface area contributed by atoms with Crippen molar-refractivity contribution in [2.24, 2.45) is 0 Å². The summed E-state index contributed by atoms with van der Waals surface area (Å²) in [6.07, 6.45) is 5.81. The van der Waals surface area contributed by atoms with Crippen LogP contribution in [-0.2, 0) is 17.7 Å². The second-order valence-corrected chi connectivity index (χ2v) is 9.11. The Bertz CT molecular complexity index is 1220. The smallest absolute Gasteiger partial charge is 0.318 e. The summed E-state index contributed by atoms with van der Waals surface area (Å²) in [5, 5.41) is 6.34. The van der Waals surface area contributed by atoms with Crippen LogP contribution < -0.4 is 10.6 Å². The van der Waals surface area contributed by atoms with Crippen LogP contribution in [0.4, 0.5) is 15.1 Å². The molecule has 35 heavy (non-hydrogen) atoms. The first kappa shape index (κ1) is 23.5. The number of hydrogen-bond acceptors (Lipinski definition) is 7. The predicted octanol–water partition coefficient (Wildman–Crippen LogP) is 4.01. The fourth-order valence-electron chi connectivity index (χ4n) is 4.31. The van der Waals surface area contributed by atoms with E-state index in [1.165, 1.54) is 18.3 Å². The standard InChI is InChI=1S/C24H26ClFN6O3/c1-14-27-12-21(35-14)22(15-2-3-18(25)19(26)10-15)31-24(33)32-7-4-16-11-28-23(30-20(16)13-32)29-17-5-8-34-9-6-17/h2-3,10-12,17,22H,4-9,13H2,1H3,(H,31,33)(H,28,29,30)/t22-/m0/s1. The first-order valence-corrected chi connectivity index (χ1v) is 12.0. The molecule has 3 aromatic rings. The number of nitrogens with zero attached hydrogens (tertiary/aromatic N) is 4. The lowest BCUT2D eigenvalue weighted by Crippen LogP contribution is -2.44. The lowest BCUT2D eigenvalue weighted by molar-refractivity contribution is 0.0903. The quantitative estimate of drug-likeness (QED) is 0.545. The van der Waals surface area contributed by atoms with Crippen molar-refractivity contribution in [1.29, 1.82) is 0 Å². The highest BCUT2D eigenvalue weighted by atomic mass is 35.5. The molecule has 1 aromatic carbocycles. The molecule has 0 aliphatic carbocycles. The van der Waals surface area contributed by atoms with Crippen LogP contribution in [0.15, 0.2) is 35.0 Å². The molecule has 184 valence electrons. The molecule has 0 bridgehead atoms. The number of carbonyl (C=O) groups excluding carboxylic acids is 1. The van der Waals surface area contributed by atoms with Gasteiger partial charge in [0.25, 0.3) is 0 Å². The van der Waals surface area contributed by atoms with E-state index in [1.54, 1.807) is 17.9 Å². The fraction of sp³-hybridized carbons (Fsp3) is 0.417. The fourth-order valence-corrected chi connectivity index (χ4v) is 4.42. The van der Waals surface area contributed by atoms with Gasteiger partial charge in [0.15, 0.2) is 11.7 Å². The van der Waals surface area contributed by atoms with Gasteiger partial charge >= 0.3 is 6.03 Å². The van der Waals surface area contributed by atoms with Crippen LogP contribution >= 0.6 is 11.6 Å². The number of halogens is 2. The molecule has 5 rings (SSSR count). The first-order chi connectivity index (χ1) is 17.0. The van der Waals surface area contributed by atoms with E-state index in [-0.39, 0.29) is 17.1 Å². The van der Waals surface area contributed by atoms with Gasteiger partial charge in [0.1, 0.15) is 11.9 Å². The van der Waals surface area contributed by atoms with Crippen molar-refractivity contribution in [3.63, 3.8) is 0 Å². The zero-order chi connectivity index (χ0) is 24.4. The van der Waals surface area contributed by atoms with Crippen molar-refractivity contribution in [1.82, 2.24) is 25.2 Å². The molecule has 1 fully saturated rings. The van der Waals surface area contributed by atoms with Gasteiger partial charge < -0.3 is 24.7 Å². The molecule has 0 unspecified atom stereocenters. The number of fused-ring (bicyclic) bond motifs is 1. The molecule has 0 radical (unpaired) electrons. The highest BCUT2D eigenvalue weighted by Crippen LogP contribution is 2.27. The average molecular weight is 501 g/mol. The summed E-state index contributed by atoms with van der Waals surface area (Å²) in [6.45, 7) is 3.99. The number of urea groups is 1. The Labute approximate surface area is 207 Å². The first-order valence-electron chi connectivity index (χ1n) is 11.6. The molecular weight excluding hydrogens is 475 g/mol. The van der Waals surface area contributed by atoms with E-state index in [4.69, 9.17) is 20.8 Å². The Morgan fingerprint density at radius 2 is 2.09 bits per heavy atom. The minimum atomic E-state index is -0.729. The van der Waals surface area contributed by atoms with Gasteiger partial charge in [0, 0.05) is 38.9 Å². The number of rotatable bonds is 5. The minimum absolute atomic E-state index is 0.00469. The Morgan fingerprint density at radius 3 is 2.83 bits per heavy atom. The van der Waals surface area contributed by atoms with Gasteiger partial charge in [-0.1, -0.05) is 17.7 Å². The number of nitrogens with one attached hydrogen (secondary N) is 2. The van der Waals surface area contributed by atoms with Crippen molar-refractivity contribution in [3.8, 4) is 0 Å². The molecular formula is C24H26ClFN6O3. The zero-order valence-corrected chi connectivity index (χ0v) is 20.0. The van der Waals surface area contributed by atoms with E-state index < -0.39 is 11.9 Å². The number of ether oxygens (including phenoxy) is 1. The van der Waals surface area contributed by atoms with Gasteiger partial charge in [-0.2, -0.15) is 0 Å². The highest BCUT2D eigenvalue weighted by Gasteiger charge is 2.28. The number of aromatic nitrogens is 3. The number of anilines is 1. The second-order valence-electron chi connectivity index (χ2n) is 8.71. The molecule has 0 saturated carbocycles. The lowest BCUT2D eigenvalue weighted by atomic mass is 10.0. The van der Waals surface area contributed by atoms with Crippen LogP contribution in [0.1, 0.15) is 47.4 Å². The molecule has 0 spiro atoms. The predicted molar refractivity (Wildman–Crippen MR) is 127 cm³/mol. The molecule has 2 N–H and O–H groups in total. The summed E-state index contributed by atoms with van der Waals surface area (Å²) in [7, 11) is 0. The van der Waals surface area contributed by atoms with Crippen molar-refractivity contribution in [3.05, 3.63) is 69.9 Å². The maximum atomic E-state index is 14.2. The SMILES string of the molecule is Cc1ncc([C@@H](NC(=O)N2CCc3cnc(NC4CCOCC4)nc3C2)c2ccc(Cl)c(F)c2)o1. The normalized spacial score (nSPS) is 17.1. The molecule has 2 aromatic heterocycles. The maximum Gasteiger partial charge on any atom is 0.318 e. The van der Waals surface area contributed by atoms with Gasteiger partial charge in [-0.15, -0.1) is 0 Å². The number of amides is 2. The highest BCUT2D eigenvalue weighted by molar-refractivity contribution is 6.30. The van der Waals surface area contributed by atoms with Gasteiger partial charge in [-0.05, 0) is 42.5 Å². The molecule has 9 nitrogen and oxygen atoms in total. The van der Waals surface area contributed by atoms with Crippen molar-refractivity contribution >= 4 is 23.6 Å². The van der Waals surface area contributed by atoms with E-state index in [1.807, 2.05) is 6.20 Å². The Hall–Kier alpha value is -3.24. The van der Waals surface area contributed by atoms with Crippen LogP contribution in [0.25, 0.3) is 0 Å². The summed E-state index contributed by atoms with van der Waals surface area (Å²) in [6, 6.07) is 3.63. The summed E-state index contributed by atoms with van der Waals surface area (Å²) < 4.78 is 25.3. The van der Waals surface area contributed by atoms with E-state index >= 15 is 0 Å². The zero-order valence-electron chi connectivity index (χ0n) is 19.3. The van der Waals surface area contributed by atoms with Crippen LogP contribution in [0.2, 0.25) is 5.02 Å². The summed E-state index contributed by atoms with van der Waals surface area (Å²) in [5.74, 6) is 0.833. The third-order valence-electron chi connectivity index (χ3n) is 6.26. The largest absolute Gasteiger partial charge is 0.443 e. The molecule has 1 saturated heterocycles. The summed E-state index contributed by atoms with van der Waals surface area (Å²) in [4.78, 5) is 28.2. The number of carbonyl (C=O) groups is 1. The molecule has 11 heteroatoms. The topological polar surface area (TPSA) is 105 Å². The van der Waals surface area contributed by atoms with E-state index in [2.05, 4.69) is 25.6 Å². The number of aryl methyl sites for hydroxylation is 1. The van der Waals surface area contributed by atoms with Gasteiger partial charge in [-0.3, -0.25) is 0 Å². The van der Waals surface area contributed by atoms with Gasteiger partial charge in [-0.25, -0.2) is 24.1 Å². The monoisotopic (exact) mass is 500 g/mol. The Kier molecular flexibility index (Phi) is 6.83. The number of oxazole rings is 1. The third kappa shape index (κ3) is 5.38. The van der Waals surface area contributed by atoms with Gasteiger partial charge in [0.2, 0.25) is 5.95 Å². The molecule has 2 aliphatic heterocycles. The van der Waals surface area contributed by atoms with Crippen LogP contribution in [0, 0.1) is 12.7 Å². The van der Waals surface area contributed by atoms with Crippen molar-refractivity contribution < 1.29 is 18.3 Å². The number of benzene rings is 1. The lowest BCUT2D eigenvalue weighted by Gasteiger charge is -2.30. The second kappa shape index (κ2) is 10.2. The van der Waals surface area contributed by atoms with Crippen LogP contribution in [-0.4, -0.2) is 51.7 Å². The maximum absolute atomic E-state index is 14.2. The van der Waals surface area contributed by atoms with E-state index in [0.717, 1.165) is 37.3 Å². The molecule has 2 amide bonds. The van der Waals surface area contributed by atoms with E-state index in [9.17, 15) is 9.18 Å². The average Bonchev–Trinajstić information content (AvgIpc) is 3.30. The van der Waals surface area contributed by atoms with Crippen LogP contribution in [0.5, 0.6) is 0 Å². The van der Waals surface area contributed by atoms with Gasteiger partial charge in [0.05, 0.1) is 23.5 Å². The Morgan fingerprint density at radius 1 is 1.26 bits per heavy atom.